The molecule has 0 atom stereocenters. The van der Waals surface area contributed by atoms with Crippen LogP contribution in [0.2, 0.25) is 0 Å². The standard InChI is InChI=1S/C17H14N2O3/c1-22-15-5-3-2-4-11(15)7-9-16-18-13-8-6-12(17(20)21)10-14(13)19-16/h2-10H,1H3,(H,18,19)(H,20,21). The van der Waals surface area contributed by atoms with Crippen LogP contribution in [0.5, 0.6) is 5.75 Å². The number of ether oxygens (including phenoxy) is 1. The smallest absolute Gasteiger partial charge is 0.335 e. The fourth-order valence-electron chi connectivity index (χ4n) is 2.21. The summed E-state index contributed by atoms with van der Waals surface area (Å²) in [4.78, 5) is 18.5. The lowest BCUT2D eigenvalue weighted by atomic mass is 10.2. The summed E-state index contributed by atoms with van der Waals surface area (Å²) in [5, 5.41) is 9.00. The van der Waals surface area contributed by atoms with Crippen LogP contribution in [0.4, 0.5) is 0 Å². The van der Waals surface area contributed by atoms with Crippen molar-refractivity contribution in [2.24, 2.45) is 0 Å². The van der Waals surface area contributed by atoms with E-state index in [1.807, 2.05) is 36.4 Å². The number of imidazole rings is 1. The van der Waals surface area contributed by atoms with Crippen molar-refractivity contribution in [2.45, 2.75) is 0 Å². The number of nitrogens with one attached hydrogen (secondary N) is 1. The van der Waals surface area contributed by atoms with Gasteiger partial charge in [0, 0.05) is 5.56 Å². The van der Waals surface area contributed by atoms with Crippen LogP contribution in [0.3, 0.4) is 0 Å². The molecular weight excluding hydrogens is 280 g/mol. The molecule has 0 radical (unpaired) electrons. The second-order valence-electron chi connectivity index (χ2n) is 4.73. The van der Waals surface area contributed by atoms with Gasteiger partial charge in [-0.05, 0) is 36.4 Å². The van der Waals surface area contributed by atoms with Gasteiger partial charge in [0.25, 0.3) is 0 Å². The first-order valence-electron chi connectivity index (χ1n) is 6.71. The van der Waals surface area contributed by atoms with Crippen molar-refractivity contribution in [1.29, 1.82) is 0 Å². The van der Waals surface area contributed by atoms with Crippen LogP contribution >= 0.6 is 0 Å². The number of carboxylic acid groups (broad SMARTS) is 1. The van der Waals surface area contributed by atoms with Gasteiger partial charge in [-0.2, -0.15) is 0 Å². The highest BCUT2D eigenvalue weighted by molar-refractivity contribution is 5.92. The van der Waals surface area contributed by atoms with Crippen molar-refractivity contribution in [3.63, 3.8) is 0 Å². The van der Waals surface area contributed by atoms with E-state index in [2.05, 4.69) is 9.97 Å². The van der Waals surface area contributed by atoms with Gasteiger partial charge in [0.05, 0.1) is 23.7 Å². The van der Waals surface area contributed by atoms with Gasteiger partial charge in [0.15, 0.2) is 0 Å². The molecular formula is C17H14N2O3. The number of H-pyrrole nitrogens is 1. The molecule has 22 heavy (non-hydrogen) atoms. The topological polar surface area (TPSA) is 75.2 Å². The minimum absolute atomic E-state index is 0.233. The fraction of sp³-hybridized carbons (Fsp3) is 0.0588. The largest absolute Gasteiger partial charge is 0.496 e. The molecule has 0 spiro atoms. The maximum Gasteiger partial charge on any atom is 0.335 e. The van der Waals surface area contributed by atoms with Crippen LogP contribution < -0.4 is 4.74 Å². The van der Waals surface area contributed by atoms with E-state index in [0.717, 1.165) is 16.8 Å². The fourth-order valence-corrected chi connectivity index (χ4v) is 2.21. The molecule has 0 bridgehead atoms. The number of aromatic carboxylic acids is 1. The van der Waals surface area contributed by atoms with Crippen LogP contribution in [0.1, 0.15) is 21.7 Å². The minimum Gasteiger partial charge on any atom is -0.496 e. The number of fused-ring (bicyclic) bond motifs is 1. The van der Waals surface area contributed by atoms with Crippen molar-refractivity contribution in [2.75, 3.05) is 7.11 Å². The molecule has 0 unspecified atom stereocenters. The Morgan fingerprint density at radius 2 is 2.05 bits per heavy atom. The highest BCUT2D eigenvalue weighted by atomic mass is 16.5. The number of aromatic amines is 1. The maximum atomic E-state index is 11.0. The van der Waals surface area contributed by atoms with E-state index in [4.69, 9.17) is 9.84 Å². The molecule has 3 aromatic rings. The Labute approximate surface area is 126 Å². The van der Waals surface area contributed by atoms with E-state index in [1.54, 1.807) is 25.3 Å². The zero-order valence-electron chi connectivity index (χ0n) is 11.9. The molecule has 0 fully saturated rings. The summed E-state index contributed by atoms with van der Waals surface area (Å²) in [5.41, 5.74) is 2.59. The monoisotopic (exact) mass is 294 g/mol. The molecule has 5 nitrogen and oxygen atoms in total. The number of rotatable bonds is 4. The Kier molecular flexibility index (Phi) is 3.62. The van der Waals surface area contributed by atoms with Gasteiger partial charge in [-0.1, -0.05) is 18.2 Å². The van der Waals surface area contributed by atoms with Gasteiger partial charge in [-0.15, -0.1) is 0 Å². The lowest BCUT2D eigenvalue weighted by Gasteiger charge is -2.02. The molecule has 2 N–H and O–H groups in total. The molecule has 0 saturated heterocycles. The number of benzene rings is 2. The van der Waals surface area contributed by atoms with E-state index < -0.39 is 5.97 Å². The quantitative estimate of drug-likeness (QED) is 0.773. The number of para-hydroxylation sites is 1. The number of aromatic nitrogens is 2. The van der Waals surface area contributed by atoms with Crippen LogP contribution in [-0.2, 0) is 0 Å². The Hall–Kier alpha value is -3.08. The summed E-state index contributed by atoms with van der Waals surface area (Å²) >= 11 is 0. The highest BCUT2D eigenvalue weighted by Gasteiger charge is 2.06. The first-order valence-corrected chi connectivity index (χ1v) is 6.71. The molecule has 3 rings (SSSR count). The summed E-state index contributed by atoms with van der Waals surface area (Å²) in [6.07, 6.45) is 3.73. The number of nitrogens with zero attached hydrogens (tertiary/aromatic N) is 1. The van der Waals surface area contributed by atoms with Crippen LogP contribution in [0.25, 0.3) is 23.2 Å². The summed E-state index contributed by atoms with van der Waals surface area (Å²) in [6, 6.07) is 12.5. The van der Waals surface area contributed by atoms with Gasteiger partial charge in [-0.25, -0.2) is 9.78 Å². The summed E-state index contributed by atoms with van der Waals surface area (Å²) in [7, 11) is 1.63. The Bertz CT molecular complexity index is 865. The van der Waals surface area contributed by atoms with Crippen LogP contribution in [0, 0.1) is 0 Å². The third-order valence-electron chi connectivity index (χ3n) is 3.31. The van der Waals surface area contributed by atoms with E-state index in [9.17, 15) is 4.79 Å². The van der Waals surface area contributed by atoms with Gasteiger partial charge in [0.2, 0.25) is 0 Å². The molecule has 0 aliphatic rings. The number of hydrogen-bond donors (Lipinski definition) is 2. The molecule has 0 aliphatic carbocycles. The average molecular weight is 294 g/mol. The second-order valence-corrected chi connectivity index (χ2v) is 4.73. The predicted octanol–water partition coefficient (Wildman–Crippen LogP) is 3.44. The van der Waals surface area contributed by atoms with Gasteiger partial charge >= 0.3 is 5.97 Å². The van der Waals surface area contributed by atoms with Gasteiger partial charge < -0.3 is 14.8 Å². The average Bonchev–Trinajstić information content (AvgIpc) is 2.95. The van der Waals surface area contributed by atoms with E-state index >= 15 is 0 Å². The lowest BCUT2D eigenvalue weighted by Crippen LogP contribution is -1.94. The Morgan fingerprint density at radius 3 is 2.82 bits per heavy atom. The molecule has 2 aromatic carbocycles. The minimum atomic E-state index is -0.956. The zero-order chi connectivity index (χ0) is 15.5. The predicted molar refractivity (Wildman–Crippen MR) is 85.0 cm³/mol. The number of carbonyl (C=O) groups is 1. The molecule has 110 valence electrons. The SMILES string of the molecule is COc1ccccc1C=Cc1nc2ccc(C(=O)O)cc2[nH]1. The van der Waals surface area contributed by atoms with Gasteiger partial charge in [-0.3, -0.25) is 0 Å². The van der Waals surface area contributed by atoms with Crippen molar-refractivity contribution in [1.82, 2.24) is 9.97 Å². The lowest BCUT2D eigenvalue weighted by molar-refractivity contribution is 0.0697. The Balaban J connectivity index is 1.93. The third-order valence-corrected chi connectivity index (χ3v) is 3.31. The second kappa shape index (κ2) is 5.73. The van der Waals surface area contributed by atoms with Crippen molar-refractivity contribution >= 4 is 29.2 Å². The zero-order valence-corrected chi connectivity index (χ0v) is 11.9. The summed E-state index contributed by atoms with van der Waals surface area (Å²) < 4.78 is 5.29. The van der Waals surface area contributed by atoms with Crippen molar-refractivity contribution in [3.05, 3.63) is 59.4 Å². The van der Waals surface area contributed by atoms with Gasteiger partial charge in [0.1, 0.15) is 11.6 Å². The molecule has 0 saturated carbocycles. The number of carboxylic acids is 1. The molecule has 0 aliphatic heterocycles. The first-order chi connectivity index (χ1) is 10.7. The van der Waals surface area contributed by atoms with E-state index in [0.29, 0.717) is 11.3 Å². The molecule has 0 amide bonds. The van der Waals surface area contributed by atoms with E-state index in [-0.39, 0.29) is 5.56 Å². The van der Waals surface area contributed by atoms with Crippen LogP contribution in [0.15, 0.2) is 42.5 Å². The van der Waals surface area contributed by atoms with Crippen molar-refractivity contribution in [3.8, 4) is 5.75 Å². The number of methoxy groups -OCH3 is 1. The Morgan fingerprint density at radius 1 is 1.23 bits per heavy atom. The first kappa shape index (κ1) is 13.9. The van der Waals surface area contributed by atoms with Crippen molar-refractivity contribution < 1.29 is 14.6 Å². The maximum absolute atomic E-state index is 11.0. The number of hydrogen-bond acceptors (Lipinski definition) is 3. The summed E-state index contributed by atoms with van der Waals surface area (Å²) in [6.45, 7) is 0. The molecule has 1 aromatic heterocycles. The van der Waals surface area contributed by atoms with E-state index in [1.165, 1.54) is 0 Å². The summed E-state index contributed by atoms with van der Waals surface area (Å²) in [5.74, 6) is 0.481. The highest BCUT2D eigenvalue weighted by Crippen LogP contribution is 2.20. The van der Waals surface area contributed by atoms with Crippen LogP contribution in [-0.4, -0.2) is 28.2 Å². The molecule has 5 heteroatoms. The molecule has 1 heterocycles. The third kappa shape index (κ3) is 2.69. The normalized spacial score (nSPS) is 11.1.